The molecule has 5 nitrogen and oxygen atoms in total. The molecule has 1 aliphatic heterocycles. The lowest BCUT2D eigenvalue weighted by Crippen LogP contribution is -2.61. The molecule has 0 atom stereocenters. The molecule has 0 aromatic heterocycles. The zero-order valence-corrected chi connectivity index (χ0v) is 10.3. The Kier molecular flexibility index (Phi) is 3.25. The summed E-state index contributed by atoms with van der Waals surface area (Å²) in [5, 5.41) is 0. The Bertz CT molecular complexity index is 244. The van der Waals surface area contributed by atoms with Crippen LogP contribution in [0.1, 0.15) is 27.7 Å². The molecule has 3 N–H and O–H groups in total. The summed E-state index contributed by atoms with van der Waals surface area (Å²) in [7, 11) is 1.73. The van der Waals surface area contributed by atoms with Crippen LogP contribution in [0.2, 0.25) is 0 Å². The van der Waals surface area contributed by atoms with E-state index in [1.54, 1.807) is 7.05 Å². The Hall–Kier alpha value is -0.810. The number of nitrogens with two attached hydrogens (primary N) is 1. The van der Waals surface area contributed by atoms with Crippen LogP contribution in [0.15, 0.2) is 4.99 Å². The highest BCUT2D eigenvalue weighted by molar-refractivity contribution is 5.79. The van der Waals surface area contributed by atoms with Gasteiger partial charge in [0, 0.05) is 20.1 Å². The first-order chi connectivity index (χ1) is 6.79. The summed E-state index contributed by atoms with van der Waals surface area (Å²) in [6.45, 7) is 9.87. The average molecular weight is 214 g/mol. The van der Waals surface area contributed by atoms with Crippen LogP contribution in [0.4, 0.5) is 0 Å². The van der Waals surface area contributed by atoms with Crippen molar-refractivity contribution in [2.24, 2.45) is 10.8 Å². The second-order valence-electron chi connectivity index (χ2n) is 5.17. The minimum absolute atomic E-state index is 0.186. The molecule has 0 unspecified atom stereocenters. The SMILES string of the molecule is CN=C(NN)N1CC(C)(C)OC(C)(C)C1. The van der Waals surface area contributed by atoms with Gasteiger partial charge in [-0.3, -0.25) is 10.4 Å². The Morgan fingerprint density at radius 3 is 2.07 bits per heavy atom. The molecule has 0 spiro atoms. The third-order valence-electron chi connectivity index (χ3n) is 2.34. The number of rotatable bonds is 0. The van der Waals surface area contributed by atoms with E-state index in [1.165, 1.54) is 0 Å². The molecule has 0 aliphatic carbocycles. The Balaban J connectivity index is 2.84. The van der Waals surface area contributed by atoms with E-state index in [9.17, 15) is 0 Å². The van der Waals surface area contributed by atoms with Gasteiger partial charge >= 0.3 is 0 Å². The number of aliphatic imine (C=N–C) groups is 1. The fourth-order valence-corrected chi connectivity index (χ4v) is 2.23. The van der Waals surface area contributed by atoms with E-state index in [4.69, 9.17) is 10.6 Å². The van der Waals surface area contributed by atoms with E-state index in [1.807, 2.05) is 0 Å². The molecule has 1 aliphatic rings. The molecule has 0 aromatic carbocycles. The van der Waals surface area contributed by atoms with Crippen molar-refractivity contribution in [2.75, 3.05) is 20.1 Å². The van der Waals surface area contributed by atoms with Crippen molar-refractivity contribution in [3.8, 4) is 0 Å². The molecule has 0 amide bonds. The molecular formula is C10H22N4O. The molecule has 0 radical (unpaired) electrons. The van der Waals surface area contributed by atoms with E-state index in [0.717, 1.165) is 13.1 Å². The standard InChI is InChI=1S/C10H22N4O/c1-9(2)6-14(8(12-5)13-11)7-10(3,4)15-9/h6-7,11H2,1-5H3,(H,12,13). The number of ether oxygens (including phenoxy) is 1. The first-order valence-corrected chi connectivity index (χ1v) is 5.18. The highest BCUT2D eigenvalue weighted by Gasteiger charge is 2.39. The molecule has 1 rings (SSSR count). The molecule has 0 saturated carbocycles. The third-order valence-corrected chi connectivity index (χ3v) is 2.34. The fraction of sp³-hybridized carbons (Fsp3) is 0.900. The topological polar surface area (TPSA) is 62.9 Å². The predicted molar refractivity (Wildman–Crippen MR) is 61.5 cm³/mol. The van der Waals surface area contributed by atoms with E-state index < -0.39 is 0 Å². The minimum Gasteiger partial charge on any atom is -0.366 e. The molecule has 1 fully saturated rings. The van der Waals surface area contributed by atoms with Gasteiger partial charge in [-0.15, -0.1) is 0 Å². The van der Waals surface area contributed by atoms with Crippen molar-refractivity contribution in [2.45, 2.75) is 38.9 Å². The first kappa shape index (κ1) is 12.3. The van der Waals surface area contributed by atoms with Crippen molar-refractivity contribution < 1.29 is 4.74 Å². The lowest BCUT2D eigenvalue weighted by Gasteiger charge is -2.47. The van der Waals surface area contributed by atoms with Crippen LogP contribution in [-0.2, 0) is 4.74 Å². The maximum atomic E-state index is 5.97. The molecule has 0 bridgehead atoms. The van der Waals surface area contributed by atoms with Gasteiger partial charge in [0.2, 0.25) is 5.96 Å². The number of hydrogen-bond donors (Lipinski definition) is 2. The van der Waals surface area contributed by atoms with Crippen molar-refractivity contribution in [1.29, 1.82) is 0 Å². The average Bonchev–Trinajstić information content (AvgIpc) is 2.00. The summed E-state index contributed by atoms with van der Waals surface area (Å²) < 4.78 is 5.97. The fourth-order valence-electron chi connectivity index (χ4n) is 2.23. The maximum absolute atomic E-state index is 5.97. The molecular weight excluding hydrogens is 192 g/mol. The Labute approximate surface area is 91.6 Å². The molecule has 15 heavy (non-hydrogen) atoms. The second-order valence-corrected chi connectivity index (χ2v) is 5.17. The smallest absolute Gasteiger partial charge is 0.208 e. The third kappa shape index (κ3) is 3.07. The lowest BCUT2D eigenvalue weighted by molar-refractivity contribution is -0.167. The van der Waals surface area contributed by atoms with Gasteiger partial charge in [0.15, 0.2) is 0 Å². The Morgan fingerprint density at radius 2 is 1.73 bits per heavy atom. The zero-order chi connectivity index (χ0) is 11.7. The van der Waals surface area contributed by atoms with Gasteiger partial charge < -0.3 is 9.64 Å². The zero-order valence-electron chi connectivity index (χ0n) is 10.3. The summed E-state index contributed by atoms with van der Waals surface area (Å²) in [4.78, 5) is 6.23. The van der Waals surface area contributed by atoms with E-state index >= 15 is 0 Å². The maximum Gasteiger partial charge on any atom is 0.208 e. The number of guanidine groups is 1. The van der Waals surface area contributed by atoms with E-state index in [2.05, 4.69) is 43.0 Å². The summed E-state index contributed by atoms with van der Waals surface area (Å²) in [6.07, 6.45) is 0. The number of nitrogens with one attached hydrogen (secondary N) is 1. The van der Waals surface area contributed by atoms with Gasteiger partial charge in [-0.05, 0) is 27.7 Å². The minimum atomic E-state index is -0.186. The number of hydrazine groups is 1. The predicted octanol–water partition coefficient (Wildman–Crippen LogP) is 0.325. The van der Waals surface area contributed by atoms with Gasteiger partial charge in [-0.1, -0.05) is 0 Å². The van der Waals surface area contributed by atoms with E-state index in [-0.39, 0.29) is 11.2 Å². The molecule has 88 valence electrons. The number of morpholine rings is 1. The van der Waals surface area contributed by atoms with Crippen molar-refractivity contribution in [3.63, 3.8) is 0 Å². The molecule has 1 saturated heterocycles. The van der Waals surface area contributed by atoms with Gasteiger partial charge in [0.1, 0.15) is 0 Å². The normalized spacial score (nSPS) is 25.2. The highest BCUT2D eigenvalue weighted by Crippen LogP contribution is 2.27. The largest absolute Gasteiger partial charge is 0.366 e. The Morgan fingerprint density at radius 1 is 1.27 bits per heavy atom. The number of nitrogens with zero attached hydrogens (tertiary/aromatic N) is 2. The van der Waals surface area contributed by atoms with Crippen LogP contribution in [0, 0.1) is 0 Å². The van der Waals surface area contributed by atoms with Crippen LogP contribution in [-0.4, -0.2) is 42.2 Å². The van der Waals surface area contributed by atoms with Gasteiger partial charge in [-0.25, -0.2) is 5.84 Å². The van der Waals surface area contributed by atoms with Gasteiger partial charge in [0.05, 0.1) is 11.2 Å². The van der Waals surface area contributed by atoms with Crippen LogP contribution >= 0.6 is 0 Å². The second kappa shape index (κ2) is 3.98. The highest BCUT2D eigenvalue weighted by atomic mass is 16.5. The molecule has 0 aromatic rings. The lowest BCUT2D eigenvalue weighted by atomic mass is 9.99. The van der Waals surface area contributed by atoms with Crippen molar-refractivity contribution in [1.82, 2.24) is 10.3 Å². The van der Waals surface area contributed by atoms with Gasteiger partial charge in [0.25, 0.3) is 0 Å². The van der Waals surface area contributed by atoms with Crippen molar-refractivity contribution >= 4 is 5.96 Å². The van der Waals surface area contributed by atoms with Crippen LogP contribution in [0.3, 0.4) is 0 Å². The van der Waals surface area contributed by atoms with Crippen LogP contribution < -0.4 is 11.3 Å². The van der Waals surface area contributed by atoms with Crippen molar-refractivity contribution in [3.05, 3.63) is 0 Å². The monoisotopic (exact) mass is 214 g/mol. The summed E-state index contributed by atoms with van der Waals surface area (Å²) in [5.74, 6) is 6.14. The summed E-state index contributed by atoms with van der Waals surface area (Å²) in [5.41, 5.74) is 2.25. The molecule has 1 heterocycles. The molecule has 5 heteroatoms. The van der Waals surface area contributed by atoms with Gasteiger partial charge in [-0.2, -0.15) is 0 Å². The van der Waals surface area contributed by atoms with Crippen LogP contribution in [0.25, 0.3) is 0 Å². The quantitative estimate of drug-likeness (QED) is 0.264. The van der Waals surface area contributed by atoms with E-state index in [0.29, 0.717) is 5.96 Å². The first-order valence-electron chi connectivity index (χ1n) is 5.18. The number of hydrogen-bond acceptors (Lipinski definition) is 3. The van der Waals surface area contributed by atoms with Crippen LogP contribution in [0.5, 0.6) is 0 Å². The summed E-state index contributed by atoms with van der Waals surface area (Å²) in [6, 6.07) is 0. The summed E-state index contributed by atoms with van der Waals surface area (Å²) >= 11 is 0.